The first-order valence-electron chi connectivity index (χ1n) is 8.61. The fourth-order valence-electron chi connectivity index (χ4n) is 4.34. The number of hydrogen-bond donors (Lipinski definition) is 1. The lowest BCUT2D eigenvalue weighted by Gasteiger charge is -2.42. The molecule has 0 aromatic heterocycles. The Morgan fingerprint density at radius 1 is 1.30 bits per heavy atom. The first-order valence-corrected chi connectivity index (χ1v) is 8.61. The Labute approximate surface area is 137 Å². The minimum Gasteiger partial charge on any atom is -0.384 e. The third kappa shape index (κ3) is 2.25. The average molecular weight is 308 g/mol. The van der Waals surface area contributed by atoms with Gasteiger partial charge < -0.3 is 5.32 Å². The first-order chi connectivity index (χ1) is 11.0. The fourth-order valence-corrected chi connectivity index (χ4v) is 4.34. The highest BCUT2D eigenvalue weighted by molar-refractivity contribution is 6.43. The lowest BCUT2D eigenvalue weighted by atomic mass is 9.67. The van der Waals surface area contributed by atoms with Crippen molar-refractivity contribution in [2.75, 3.05) is 11.9 Å². The Balaban J connectivity index is 1.72. The van der Waals surface area contributed by atoms with Crippen LogP contribution in [-0.2, 0) is 4.79 Å². The van der Waals surface area contributed by atoms with Crippen LogP contribution in [0.5, 0.6) is 0 Å². The largest absolute Gasteiger partial charge is 0.384 e. The Morgan fingerprint density at radius 3 is 2.91 bits per heavy atom. The maximum Gasteiger partial charge on any atom is 0.186 e. The number of carbonyl (C=O) groups is 1. The molecule has 1 aliphatic carbocycles. The van der Waals surface area contributed by atoms with Gasteiger partial charge in [-0.3, -0.25) is 9.79 Å². The minimum absolute atomic E-state index is 0.0907. The van der Waals surface area contributed by atoms with Crippen LogP contribution in [0.2, 0.25) is 0 Å². The summed E-state index contributed by atoms with van der Waals surface area (Å²) in [7, 11) is 0. The summed E-state index contributed by atoms with van der Waals surface area (Å²) in [5.41, 5.74) is 4.21. The molecule has 1 N–H and O–H groups in total. The standard InChI is InChI=1S/C20H24N2O/c1-12-8-9-13-10-15(12)18(22-20(13,2)3)19(23)16-11-21-17-7-5-4-6-14(16)17/h4-8,13,15-16,21H,9-11H2,1-3H3. The molecule has 3 heteroatoms. The van der Waals surface area contributed by atoms with Crippen molar-refractivity contribution in [3.05, 3.63) is 41.5 Å². The number of allylic oxidation sites excluding steroid dienone is 2. The topological polar surface area (TPSA) is 41.5 Å². The van der Waals surface area contributed by atoms with E-state index in [0.717, 1.165) is 29.8 Å². The molecule has 2 aliphatic heterocycles. The summed E-state index contributed by atoms with van der Waals surface area (Å²) in [6, 6.07) is 8.15. The van der Waals surface area contributed by atoms with E-state index in [9.17, 15) is 4.79 Å². The molecule has 0 amide bonds. The van der Waals surface area contributed by atoms with Crippen molar-refractivity contribution >= 4 is 17.2 Å². The Kier molecular flexibility index (Phi) is 3.22. The van der Waals surface area contributed by atoms with Gasteiger partial charge in [0.2, 0.25) is 0 Å². The molecule has 3 unspecified atom stereocenters. The molecule has 3 nitrogen and oxygen atoms in total. The first kappa shape index (κ1) is 14.7. The van der Waals surface area contributed by atoms with Gasteiger partial charge in [0.1, 0.15) is 0 Å². The number of ketones is 1. The highest BCUT2D eigenvalue weighted by atomic mass is 16.1. The summed E-state index contributed by atoms with van der Waals surface area (Å²) >= 11 is 0. The average Bonchev–Trinajstić information content (AvgIpc) is 2.96. The monoisotopic (exact) mass is 308 g/mol. The van der Waals surface area contributed by atoms with Crippen LogP contribution in [-0.4, -0.2) is 23.6 Å². The van der Waals surface area contributed by atoms with E-state index in [1.807, 2.05) is 12.1 Å². The van der Waals surface area contributed by atoms with Gasteiger partial charge in [-0.25, -0.2) is 0 Å². The molecule has 23 heavy (non-hydrogen) atoms. The molecule has 0 radical (unpaired) electrons. The lowest BCUT2D eigenvalue weighted by molar-refractivity contribution is -0.114. The smallest absolute Gasteiger partial charge is 0.186 e. The number of nitrogens with one attached hydrogen (secondary N) is 1. The number of Topliss-reactive ketones (excluding diaryl/α,β-unsaturated/α-hetero) is 1. The Hall–Kier alpha value is -1.90. The number of benzene rings is 1. The quantitative estimate of drug-likeness (QED) is 0.840. The zero-order valence-corrected chi connectivity index (χ0v) is 14.1. The maximum atomic E-state index is 13.3. The minimum atomic E-state index is -0.135. The van der Waals surface area contributed by atoms with Gasteiger partial charge in [0, 0.05) is 18.2 Å². The van der Waals surface area contributed by atoms with Crippen LogP contribution in [0.1, 0.15) is 45.1 Å². The molecule has 2 bridgehead atoms. The van der Waals surface area contributed by atoms with Gasteiger partial charge in [0.15, 0.2) is 5.78 Å². The zero-order chi connectivity index (χ0) is 16.2. The van der Waals surface area contributed by atoms with Gasteiger partial charge in [0.05, 0.1) is 17.2 Å². The molecule has 3 aliphatic rings. The molecular formula is C20H24N2O. The van der Waals surface area contributed by atoms with Crippen LogP contribution >= 0.6 is 0 Å². The van der Waals surface area contributed by atoms with E-state index in [0.29, 0.717) is 12.5 Å². The zero-order valence-electron chi connectivity index (χ0n) is 14.1. The number of rotatable bonds is 2. The number of anilines is 1. The van der Waals surface area contributed by atoms with Crippen molar-refractivity contribution < 1.29 is 4.79 Å². The van der Waals surface area contributed by atoms with Crippen molar-refractivity contribution in [1.29, 1.82) is 0 Å². The molecule has 0 fully saturated rings. The number of nitrogens with zero attached hydrogens (tertiary/aromatic N) is 1. The van der Waals surface area contributed by atoms with Crippen molar-refractivity contribution in [3.8, 4) is 0 Å². The summed E-state index contributed by atoms with van der Waals surface area (Å²) in [4.78, 5) is 18.3. The molecule has 2 heterocycles. The molecule has 0 spiro atoms. The highest BCUT2D eigenvalue weighted by Crippen LogP contribution is 2.44. The molecule has 120 valence electrons. The van der Waals surface area contributed by atoms with Crippen LogP contribution < -0.4 is 5.32 Å². The number of aliphatic imine (C=N–C) groups is 1. The SMILES string of the molecule is CC1=CCC2CC1C(C(=O)C1CNc3ccccc31)=NC2(C)C. The van der Waals surface area contributed by atoms with E-state index in [1.165, 1.54) is 5.57 Å². The molecule has 1 aromatic carbocycles. The van der Waals surface area contributed by atoms with Gasteiger partial charge in [-0.1, -0.05) is 29.8 Å². The Bertz CT molecular complexity index is 729. The van der Waals surface area contributed by atoms with Crippen LogP contribution in [0, 0.1) is 11.8 Å². The van der Waals surface area contributed by atoms with E-state index < -0.39 is 0 Å². The molecule has 0 saturated heterocycles. The maximum absolute atomic E-state index is 13.3. The molecule has 4 rings (SSSR count). The van der Waals surface area contributed by atoms with E-state index in [4.69, 9.17) is 4.99 Å². The normalized spacial score (nSPS) is 30.8. The van der Waals surface area contributed by atoms with Gasteiger partial charge in [-0.05, 0) is 51.2 Å². The van der Waals surface area contributed by atoms with E-state index in [1.54, 1.807) is 0 Å². The van der Waals surface area contributed by atoms with E-state index in [-0.39, 0.29) is 23.2 Å². The molecule has 1 aromatic rings. The number of fused-ring (bicyclic) bond motifs is 3. The van der Waals surface area contributed by atoms with Gasteiger partial charge in [0.25, 0.3) is 0 Å². The van der Waals surface area contributed by atoms with Crippen molar-refractivity contribution in [3.63, 3.8) is 0 Å². The summed E-state index contributed by atoms with van der Waals surface area (Å²) in [6.45, 7) is 7.20. The number of carbonyl (C=O) groups excluding carboxylic acids is 1. The second-order valence-electron chi connectivity index (χ2n) is 7.70. The lowest BCUT2D eigenvalue weighted by Crippen LogP contribution is -2.45. The van der Waals surface area contributed by atoms with Gasteiger partial charge in [-0.15, -0.1) is 0 Å². The van der Waals surface area contributed by atoms with Crippen molar-refractivity contribution in [2.45, 2.75) is 45.1 Å². The highest BCUT2D eigenvalue weighted by Gasteiger charge is 2.44. The van der Waals surface area contributed by atoms with Crippen LogP contribution in [0.15, 0.2) is 40.9 Å². The van der Waals surface area contributed by atoms with Crippen LogP contribution in [0.25, 0.3) is 0 Å². The van der Waals surface area contributed by atoms with Crippen molar-refractivity contribution in [1.82, 2.24) is 0 Å². The van der Waals surface area contributed by atoms with Gasteiger partial charge >= 0.3 is 0 Å². The van der Waals surface area contributed by atoms with Gasteiger partial charge in [-0.2, -0.15) is 0 Å². The fraction of sp³-hybridized carbons (Fsp3) is 0.500. The van der Waals surface area contributed by atoms with E-state index >= 15 is 0 Å². The second-order valence-corrected chi connectivity index (χ2v) is 7.70. The van der Waals surface area contributed by atoms with E-state index in [2.05, 4.69) is 44.3 Å². The summed E-state index contributed by atoms with van der Waals surface area (Å²) in [6.07, 6.45) is 4.49. The number of para-hydroxylation sites is 1. The predicted octanol–water partition coefficient (Wildman–Crippen LogP) is 3.97. The van der Waals surface area contributed by atoms with Crippen molar-refractivity contribution in [2.24, 2.45) is 16.8 Å². The van der Waals surface area contributed by atoms with Crippen LogP contribution in [0.3, 0.4) is 0 Å². The summed E-state index contributed by atoms with van der Waals surface area (Å²) in [5, 5.41) is 3.37. The Morgan fingerprint density at radius 2 is 2.09 bits per heavy atom. The second kappa shape index (κ2) is 5.05. The molecular weight excluding hydrogens is 284 g/mol. The number of hydrogen-bond acceptors (Lipinski definition) is 3. The third-order valence-electron chi connectivity index (χ3n) is 5.93. The third-order valence-corrected chi connectivity index (χ3v) is 5.93. The molecule has 3 atom stereocenters. The summed E-state index contributed by atoms with van der Waals surface area (Å²) in [5.74, 6) is 0.907. The van der Waals surface area contributed by atoms with Crippen LogP contribution in [0.4, 0.5) is 5.69 Å². The molecule has 0 saturated carbocycles. The summed E-state index contributed by atoms with van der Waals surface area (Å²) < 4.78 is 0. The predicted molar refractivity (Wildman–Crippen MR) is 94.2 cm³/mol.